The van der Waals surface area contributed by atoms with Gasteiger partial charge >= 0.3 is 10.4 Å². The second-order valence-electron chi connectivity index (χ2n) is 4.19. The SMILES string of the molecule is O=S(=O)(O)O.c1ccc2c(N3CCNCC3)snc2c1. The average Bonchev–Trinajstić information content (AvgIpc) is 2.81. The molecule has 7 nitrogen and oxygen atoms in total. The average molecular weight is 317 g/mol. The largest absolute Gasteiger partial charge is 0.394 e. The molecule has 2 heterocycles. The first-order valence-corrected chi connectivity index (χ1v) is 8.12. The van der Waals surface area contributed by atoms with E-state index in [1.54, 1.807) is 11.5 Å². The highest BCUT2D eigenvalue weighted by Gasteiger charge is 2.15. The molecule has 1 saturated heterocycles. The van der Waals surface area contributed by atoms with E-state index in [4.69, 9.17) is 17.5 Å². The molecule has 0 unspecified atom stereocenters. The quantitative estimate of drug-likeness (QED) is 0.676. The molecule has 110 valence electrons. The van der Waals surface area contributed by atoms with E-state index >= 15 is 0 Å². The Hall–Kier alpha value is -1.26. The summed E-state index contributed by atoms with van der Waals surface area (Å²) in [5.74, 6) is 0. The van der Waals surface area contributed by atoms with Gasteiger partial charge in [0.05, 0.1) is 5.52 Å². The number of aromatic nitrogens is 1. The Labute approximate surface area is 121 Å². The summed E-state index contributed by atoms with van der Waals surface area (Å²) in [6.45, 7) is 4.33. The Morgan fingerprint density at radius 1 is 1.20 bits per heavy atom. The van der Waals surface area contributed by atoms with Crippen molar-refractivity contribution in [3.05, 3.63) is 24.3 Å². The number of nitrogens with zero attached hydrogens (tertiary/aromatic N) is 2. The molecule has 0 atom stereocenters. The van der Waals surface area contributed by atoms with Crippen LogP contribution in [0.5, 0.6) is 0 Å². The third-order valence-corrected chi connectivity index (χ3v) is 3.71. The van der Waals surface area contributed by atoms with Crippen molar-refractivity contribution in [2.24, 2.45) is 0 Å². The number of rotatable bonds is 1. The van der Waals surface area contributed by atoms with Crippen molar-refractivity contribution in [3.8, 4) is 0 Å². The van der Waals surface area contributed by atoms with Crippen molar-refractivity contribution < 1.29 is 17.5 Å². The lowest BCUT2D eigenvalue weighted by Gasteiger charge is -2.27. The highest BCUT2D eigenvalue weighted by atomic mass is 32.3. The number of hydrogen-bond acceptors (Lipinski definition) is 6. The summed E-state index contributed by atoms with van der Waals surface area (Å²) in [5.41, 5.74) is 1.12. The molecule has 1 fully saturated rings. The topological polar surface area (TPSA) is 103 Å². The van der Waals surface area contributed by atoms with Gasteiger partial charge in [-0.3, -0.25) is 9.11 Å². The summed E-state index contributed by atoms with van der Waals surface area (Å²) in [4.78, 5) is 2.43. The maximum atomic E-state index is 8.74. The molecule has 0 radical (unpaired) electrons. The zero-order valence-corrected chi connectivity index (χ0v) is 12.2. The standard InChI is InChI=1S/C11H13N3S.H2O4S/c1-2-4-10-9(3-1)11(15-13-10)14-7-5-12-6-8-14;1-5(2,3)4/h1-4,12H,5-8H2;(H2,1,2,3,4). The van der Waals surface area contributed by atoms with E-state index < -0.39 is 10.4 Å². The van der Waals surface area contributed by atoms with Gasteiger partial charge in [-0.25, -0.2) is 0 Å². The number of benzene rings is 1. The third kappa shape index (κ3) is 4.39. The van der Waals surface area contributed by atoms with Gasteiger partial charge in [-0.05, 0) is 23.7 Å². The Morgan fingerprint density at radius 3 is 2.45 bits per heavy atom. The van der Waals surface area contributed by atoms with Crippen LogP contribution in [-0.4, -0.2) is 48.1 Å². The molecule has 3 rings (SSSR count). The van der Waals surface area contributed by atoms with Gasteiger partial charge in [-0.2, -0.15) is 12.8 Å². The summed E-state index contributed by atoms with van der Waals surface area (Å²) in [7, 11) is -4.67. The molecule has 0 aliphatic carbocycles. The number of anilines is 1. The fraction of sp³-hybridized carbons (Fsp3) is 0.364. The predicted octanol–water partition coefficient (Wildman–Crippen LogP) is 1.05. The number of nitrogens with one attached hydrogen (secondary N) is 1. The van der Waals surface area contributed by atoms with Crippen LogP contribution in [0.4, 0.5) is 5.00 Å². The molecule has 3 N–H and O–H groups in total. The van der Waals surface area contributed by atoms with Crippen molar-refractivity contribution in [1.82, 2.24) is 9.69 Å². The second kappa shape index (κ2) is 6.46. The number of hydrogen-bond donors (Lipinski definition) is 3. The van der Waals surface area contributed by atoms with Crippen molar-refractivity contribution in [1.29, 1.82) is 0 Å². The Balaban J connectivity index is 0.000000257. The highest BCUT2D eigenvalue weighted by Crippen LogP contribution is 2.30. The number of piperazine rings is 1. The van der Waals surface area contributed by atoms with Gasteiger partial charge in [0.15, 0.2) is 0 Å². The maximum absolute atomic E-state index is 8.74. The van der Waals surface area contributed by atoms with Crippen LogP contribution in [0.25, 0.3) is 10.9 Å². The molecular formula is C11H15N3O4S2. The molecule has 1 aromatic carbocycles. The van der Waals surface area contributed by atoms with Crippen LogP contribution in [0.3, 0.4) is 0 Å². The van der Waals surface area contributed by atoms with Gasteiger partial charge < -0.3 is 10.2 Å². The molecule has 2 aromatic rings. The van der Waals surface area contributed by atoms with Gasteiger partial charge in [0.25, 0.3) is 0 Å². The van der Waals surface area contributed by atoms with Crippen LogP contribution < -0.4 is 10.2 Å². The normalized spacial score (nSPS) is 15.8. The summed E-state index contributed by atoms with van der Waals surface area (Å²) in [6.07, 6.45) is 0. The van der Waals surface area contributed by atoms with Crippen molar-refractivity contribution in [3.63, 3.8) is 0 Å². The van der Waals surface area contributed by atoms with Crippen LogP contribution in [0.15, 0.2) is 24.3 Å². The fourth-order valence-electron chi connectivity index (χ4n) is 1.97. The molecule has 0 amide bonds. The van der Waals surface area contributed by atoms with Gasteiger partial charge in [0.2, 0.25) is 0 Å². The summed E-state index contributed by atoms with van der Waals surface area (Å²) in [5, 5.41) is 5.99. The number of fused-ring (bicyclic) bond motifs is 1. The summed E-state index contributed by atoms with van der Waals surface area (Å²) in [6, 6.07) is 8.37. The van der Waals surface area contributed by atoms with E-state index in [0.717, 1.165) is 31.7 Å². The zero-order chi connectivity index (χ0) is 14.6. The van der Waals surface area contributed by atoms with Gasteiger partial charge in [-0.15, -0.1) is 0 Å². The van der Waals surface area contributed by atoms with Crippen molar-refractivity contribution in [2.45, 2.75) is 0 Å². The molecule has 1 aliphatic rings. The maximum Gasteiger partial charge on any atom is 0.394 e. The first-order valence-electron chi connectivity index (χ1n) is 5.95. The molecule has 1 aromatic heterocycles. The minimum absolute atomic E-state index is 1.08. The van der Waals surface area contributed by atoms with E-state index in [-0.39, 0.29) is 0 Å². The highest BCUT2D eigenvalue weighted by molar-refractivity contribution is 7.79. The fourth-order valence-corrected chi connectivity index (χ4v) is 2.88. The van der Waals surface area contributed by atoms with E-state index in [0.29, 0.717) is 0 Å². The Kier molecular flexibility index (Phi) is 4.89. The van der Waals surface area contributed by atoms with Crippen LogP contribution in [0, 0.1) is 0 Å². The van der Waals surface area contributed by atoms with E-state index in [1.165, 1.54) is 10.4 Å². The first kappa shape index (κ1) is 15.1. The molecule has 0 spiro atoms. The van der Waals surface area contributed by atoms with Crippen LogP contribution in [0.1, 0.15) is 0 Å². The van der Waals surface area contributed by atoms with Crippen molar-refractivity contribution >= 4 is 37.8 Å². The lowest BCUT2D eigenvalue weighted by atomic mass is 10.2. The van der Waals surface area contributed by atoms with Crippen molar-refractivity contribution in [2.75, 3.05) is 31.1 Å². The zero-order valence-electron chi connectivity index (χ0n) is 10.6. The Bertz CT molecular complexity index is 657. The molecule has 0 bridgehead atoms. The lowest BCUT2D eigenvalue weighted by Crippen LogP contribution is -2.43. The molecule has 1 aliphatic heterocycles. The van der Waals surface area contributed by atoms with Crippen LogP contribution in [0.2, 0.25) is 0 Å². The van der Waals surface area contributed by atoms with Crippen LogP contribution in [-0.2, 0) is 10.4 Å². The van der Waals surface area contributed by atoms with E-state index in [9.17, 15) is 0 Å². The molecule has 9 heteroatoms. The second-order valence-corrected chi connectivity index (χ2v) is 5.84. The van der Waals surface area contributed by atoms with Crippen LogP contribution >= 0.6 is 11.5 Å². The monoisotopic (exact) mass is 317 g/mol. The first-order chi connectivity index (χ1) is 9.45. The summed E-state index contributed by atoms with van der Waals surface area (Å²) >= 11 is 1.62. The van der Waals surface area contributed by atoms with E-state index in [1.807, 2.05) is 6.07 Å². The minimum Gasteiger partial charge on any atom is -0.359 e. The Morgan fingerprint density at radius 2 is 1.80 bits per heavy atom. The van der Waals surface area contributed by atoms with Gasteiger partial charge in [0.1, 0.15) is 5.00 Å². The summed E-state index contributed by atoms with van der Waals surface area (Å²) < 4.78 is 36.1. The predicted molar refractivity (Wildman–Crippen MR) is 78.9 cm³/mol. The molecule has 0 saturated carbocycles. The van der Waals surface area contributed by atoms with E-state index in [2.05, 4.69) is 32.8 Å². The lowest BCUT2D eigenvalue weighted by molar-refractivity contribution is 0.381. The molecular weight excluding hydrogens is 302 g/mol. The molecule has 20 heavy (non-hydrogen) atoms. The van der Waals surface area contributed by atoms with Gasteiger partial charge in [0, 0.05) is 31.6 Å². The smallest absolute Gasteiger partial charge is 0.359 e. The van der Waals surface area contributed by atoms with Gasteiger partial charge in [-0.1, -0.05) is 12.1 Å². The minimum atomic E-state index is -4.67. The third-order valence-electron chi connectivity index (χ3n) is 2.77.